The zero-order chi connectivity index (χ0) is 21.0. The van der Waals surface area contributed by atoms with Crippen molar-refractivity contribution in [1.29, 1.82) is 0 Å². The van der Waals surface area contributed by atoms with Crippen LogP contribution in [0.3, 0.4) is 0 Å². The molecule has 0 bridgehead atoms. The van der Waals surface area contributed by atoms with Gasteiger partial charge in [0.25, 0.3) is 0 Å². The fraction of sp³-hybridized carbons (Fsp3) is 0.478. The Bertz CT molecular complexity index is 902. The summed E-state index contributed by atoms with van der Waals surface area (Å²) in [6, 6.07) is 11.2. The molecule has 1 aliphatic carbocycles. The van der Waals surface area contributed by atoms with Gasteiger partial charge in [0, 0.05) is 17.5 Å². The van der Waals surface area contributed by atoms with E-state index in [-0.39, 0.29) is 28.9 Å². The maximum absolute atomic E-state index is 14.5. The fourth-order valence-electron chi connectivity index (χ4n) is 5.21. The van der Waals surface area contributed by atoms with Crippen molar-refractivity contribution >= 4 is 0 Å². The van der Waals surface area contributed by atoms with E-state index in [2.05, 4.69) is 12.2 Å². The van der Waals surface area contributed by atoms with Gasteiger partial charge >= 0.3 is 6.18 Å². The molecule has 4 atom stereocenters. The summed E-state index contributed by atoms with van der Waals surface area (Å²) in [4.78, 5) is 0. The third-order valence-corrected chi connectivity index (χ3v) is 6.67. The minimum absolute atomic E-state index is 0.181. The molecule has 2 aromatic carbocycles. The third-order valence-electron chi connectivity index (χ3n) is 6.67. The number of halogens is 5. The second kappa shape index (κ2) is 6.79. The SMILES string of the molecule is C[C@H]1CC2(Cc3ccc(F)cc3)c3ccc(C(C)(F)C(F)(F)F)cc3CCC2N1. The molecule has 29 heavy (non-hydrogen) atoms. The van der Waals surface area contributed by atoms with Crippen LogP contribution in [0.5, 0.6) is 0 Å². The Kier molecular flexibility index (Phi) is 4.76. The number of aryl methyl sites for hydroxylation is 1. The minimum atomic E-state index is -4.96. The van der Waals surface area contributed by atoms with Gasteiger partial charge in [-0.15, -0.1) is 0 Å². The van der Waals surface area contributed by atoms with Crippen LogP contribution in [0, 0.1) is 5.82 Å². The van der Waals surface area contributed by atoms with E-state index in [1.807, 2.05) is 0 Å². The molecule has 3 unspecified atom stereocenters. The Morgan fingerprint density at radius 2 is 1.76 bits per heavy atom. The number of nitrogens with one attached hydrogen (secondary N) is 1. The normalized spacial score (nSPS) is 28.5. The molecule has 4 rings (SSSR count). The van der Waals surface area contributed by atoms with Crippen molar-refractivity contribution in [3.63, 3.8) is 0 Å². The summed E-state index contributed by atoms with van der Waals surface area (Å²) in [5.41, 5.74) is -1.28. The van der Waals surface area contributed by atoms with E-state index < -0.39 is 11.8 Å². The minimum Gasteiger partial charge on any atom is -0.311 e. The molecule has 2 aliphatic rings. The Balaban J connectivity index is 1.78. The maximum Gasteiger partial charge on any atom is 0.426 e. The van der Waals surface area contributed by atoms with Crippen molar-refractivity contribution < 1.29 is 22.0 Å². The average molecular weight is 409 g/mol. The molecule has 6 heteroatoms. The summed E-state index contributed by atoms with van der Waals surface area (Å²) < 4.78 is 67.5. The van der Waals surface area contributed by atoms with Gasteiger partial charge in [-0.1, -0.05) is 30.3 Å². The molecule has 1 heterocycles. The largest absolute Gasteiger partial charge is 0.426 e. The molecule has 0 amide bonds. The molecule has 1 fully saturated rings. The fourth-order valence-corrected chi connectivity index (χ4v) is 5.21. The van der Waals surface area contributed by atoms with Crippen molar-refractivity contribution in [2.24, 2.45) is 0 Å². The first-order valence-corrected chi connectivity index (χ1v) is 9.93. The Hall–Kier alpha value is -1.95. The second-order valence-electron chi connectivity index (χ2n) is 8.70. The van der Waals surface area contributed by atoms with Crippen molar-refractivity contribution in [1.82, 2.24) is 5.32 Å². The highest BCUT2D eigenvalue weighted by atomic mass is 19.4. The van der Waals surface area contributed by atoms with Crippen molar-refractivity contribution in [2.45, 2.75) is 68.9 Å². The van der Waals surface area contributed by atoms with Crippen LogP contribution in [0.1, 0.15) is 48.9 Å². The summed E-state index contributed by atoms with van der Waals surface area (Å²) in [6.45, 7) is 2.68. The number of rotatable bonds is 3. The highest BCUT2D eigenvalue weighted by molar-refractivity contribution is 5.46. The highest BCUT2D eigenvalue weighted by Crippen LogP contribution is 2.49. The highest BCUT2D eigenvalue weighted by Gasteiger charge is 2.54. The van der Waals surface area contributed by atoms with Crippen molar-refractivity contribution in [3.05, 3.63) is 70.5 Å². The number of hydrogen-bond donors (Lipinski definition) is 1. The molecule has 1 aliphatic heterocycles. The quantitative estimate of drug-likeness (QED) is 0.637. The standard InChI is InChI=1S/C23H24F5N/c1-14-12-22(13-15-3-7-18(24)8-4-15)19-9-6-17(21(2,25)23(26,27)28)11-16(19)5-10-20(22)29-14/h3-4,6-9,11,14,20,29H,5,10,12-13H2,1-2H3/t14-,20?,21?,22?/m0/s1. The lowest BCUT2D eigenvalue weighted by molar-refractivity contribution is -0.228. The van der Waals surface area contributed by atoms with Gasteiger partial charge in [-0.3, -0.25) is 0 Å². The molecule has 0 saturated carbocycles. The van der Waals surface area contributed by atoms with Gasteiger partial charge in [-0.2, -0.15) is 13.2 Å². The molecule has 0 aromatic heterocycles. The number of alkyl halides is 4. The lowest BCUT2D eigenvalue weighted by atomic mass is 9.63. The summed E-state index contributed by atoms with van der Waals surface area (Å²) in [6.07, 6.45) is -2.10. The van der Waals surface area contributed by atoms with Gasteiger partial charge in [-0.25, -0.2) is 8.78 Å². The van der Waals surface area contributed by atoms with E-state index in [0.717, 1.165) is 29.5 Å². The van der Waals surface area contributed by atoms with E-state index in [4.69, 9.17) is 0 Å². The summed E-state index contributed by atoms with van der Waals surface area (Å²) in [7, 11) is 0. The molecule has 2 aromatic rings. The first-order chi connectivity index (χ1) is 13.5. The molecular formula is C23H24F5N. The molecule has 156 valence electrons. The topological polar surface area (TPSA) is 12.0 Å². The second-order valence-corrected chi connectivity index (χ2v) is 8.70. The summed E-state index contributed by atoms with van der Waals surface area (Å²) >= 11 is 0. The van der Waals surface area contributed by atoms with Gasteiger partial charge in [0.2, 0.25) is 5.67 Å². The van der Waals surface area contributed by atoms with Gasteiger partial charge in [0.1, 0.15) is 5.82 Å². The Morgan fingerprint density at radius 1 is 1.07 bits per heavy atom. The Labute approximate surface area is 167 Å². The summed E-state index contributed by atoms with van der Waals surface area (Å²) in [5, 5.41) is 3.61. The van der Waals surface area contributed by atoms with Crippen LogP contribution in [0.15, 0.2) is 42.5 Å². The first kappa shape index (κ1) is 20.3. The lowest BCUT2D eigenvalue weighted by Crippen LogP contribution is -2.46. The van der Waals surface area contributed by atoms with Crippen molar-refractivity contribution in [3.8, 4) is 0 Å². The maximum atomic E-state index is 14.5. The van der Waals surface area contributed by atoms with Crippen LogP contribution < -0.4 is 5.32 Å². The van der Waals surface area contributed by atoms with E-state index in [1.165, 1.54) is 24.3 Å². The smallest absolute Gasteiger partial charge is 0.311 e. The zero-order valence-electron chi connectivity index (χ0n) is 16.4. The molecular weight excluding hydrogens is 385 g/mol. The lowest BCUT2D eigenvalue weighted by Gasteiger charge is -2.42. The van der Waals surface area contributed by atoms with Crippen LogP contribution in [0.25, 0.3) is 0 Å². The van der Waals surface area contributed by atoms with Crippen LogP contribution in [-0.2, 0) is 23.9 Å². The van der Waals surface area contributed by atoms with Crippen LogP contribution in [0.2, 0.25) is 0 Å². The molecule has 1 nitrogen and oxygen atoms in total. The molecule has 1 saturated heterocycles. The zero-order valence-corrected chi connectivity index (χ0v) is 16.4. The van der Waals surface area contributed by atoms with Gasteiger partial charge in [0.05, 0.1) is 0 Å². The van der Waals surface area contributed by atoms with Crippen LogP contribution in [0.4, 0.5) is 22.0 Å². The van der Waals surface area contributed by atoms with Gasteiger partial charge < -0.3 is 5.32 Å². The van der Waals surface area contributed by atoms with Crippen molar-refractivity contribution in [2.75, 3.05) is 0 Å². The van der Waals surface area contributed by atoms with E-state index >= 15 is 0 Å². The average Bonchev–Trinajstić information content (AvgIpc) is 2.98. The Morgan fingerprint density at radius 3 is 2.41 bits per heavy atom. The summed E-state index contributed by atoms with van der Waals surface area (Å²) in [5.74, 6) is -0.302. The van der Waals surface area contributed by atoms with E-state index in [0.29, 0.717) is 19.8 Å². The number of hydrogen-bond acceptors (Lipinski definition) is 1. The van der Waals surface area contributed by atoms with Crippen LogP contribution in [-0.4, -0.2) is 18.3 Å². The monoisotopic (exact) mass is 409 g/mol. The van der Waals surface area contributed by atoms with E-state index in [9.17, 15) is 22.0 Å². The van der Waals surface area contributed by atoms with Gasteiger partial charge in [-0.05, 0) is 73.9 Å². The van der Waals surface area contributed by atoms with E-state index in [1.54, 1.807) is 18.2 Å². The molecule has 0 spiro atoms. The molecule has 0 radical (unpaired) electrons. The first-order valence-electron chi connectivity index (χ1n) is 9.93. The third kappa shape index (κ3) is 3.35. The van der Waals surface area contributed by atoms with Crippen LogP contribution >= 0.6 is 0 Å². The van der Waals surface area contributed by atoms with Gasteiger partial charge in [0.15, 0.2) is 0 Å². The molecule has 1 N–H and O–H groups in total. The number of benzene rings is 2. The number of fused-ring (bicyclic) bond motifs is 3. The predicted octanol–water partition coefficient (Wildman–Crippen LogP) is 5.75. The predicted molar refractivity (Wildman–Crippen MR) is 102 cm³/mol.